The number of rotatable bonds is 3. The number of ether oxygens (including phenoxy) is 2. The van der Waals surface area contributed by atoms with Crippen molar-refractivity contribution in [2.75, 3.05) is 26.3 Å². The third-order valence-electron chi connectivity index (χ3n) is 3.08. The average Bonchev–Trinajstić information content (AvgIpc) is 2.29. The van der Waals surface area contributed by atoms with Gasteiger partial charge in [0.05, 0.1) is 18.8 Å². The van der Waals surface area contributed by atoms with Crippen LogP contribution in [-0.4, -0.2) is 38.5 Å². The molecule has 82 valence electrons. The minimum atomic E-state index is 0.374. The van der Waals surface area contributed by atoms with Gasteiger partial charge in [-0.05, 0) is 45.2 Å². The molecule has 0 aromatic carbocycles. The number of nitrogens with one attached hydrogen (secondary N) is 1. The van der Waals surface area contributed by atoms with E-state index >= 15 is 0 Å². The van der Waals surface area contributed by atoms with Crippen molar-refractivity contribution in [1.82, 2.24) is 5.32 Å². The summed E-state index contributed by atoms with van der Waals surface area (Å²) in [6.07, 6.45) is 6.88. The maximum atomic E-state index is 5.86. The molecule has 2 saturated heterocycles. The second-order valence-corrected chi connectivity index (χ2v) is 4.27. The summed E-state index contributed by atoms with van der Waals surface area (Å²) in [5.41, 5.74) is 0. The molecule has 3 nitrogen and oxygen atoms in total. The summed E-state index contributed by atoms with van der Waals surface area (Å²) in [5, 5.41) is 3.34. The van der Waals surface area contributed by atoms with Crippen LogP contribution in [0.1, 0.15) is 32.1 Å². The fourth-order valence-corrected chi connectivity index (χ4v) is 2.14. The summed E-state index contributed by atoms with van der Waals surface area (Å²) in [4.78, 5) is 0. The monoisotopic (exact) mass is 199 g/mol. The van der Waals surface area contributed by atoms with E-state index in [4.69, 9.17) is 9.47 Å². The van der Waals surface area contributed by atoms with Crippen LogP contribution in [0.15, 0.2) is 0 Å². The normalized spacial score (nSPS) is 30.4. The van der Waals surface area contributed by atoms with Gasteiger partial charge in [-0.3, -0.25) is 0 Å². The fourth-order valence-electron chi connectivity index (χ4n) is 2.14. The van der Waals surface area contributed by atoms with Gasteiger partial charge >= 0.3 is 0 Å². The van der Waals surface area contributed by atoms with Crippen molar-refractivity contribution in [2.24, 2.45) is 0 Å². The second kappa shape index (κ2) is 5.69. The quantitative estimate of drug-likeness (QED) is 0.743. The van der Waals surface area contributed by atoms with Gasteiger partial charge in [-0.2, -0.15) is 0 Å². The van der Waals surface area contributed by atoms with E-state index in [-0.39, 0.29) is 0 Å². The molecule has 0 amide bonds. The lowest BCUT2D eigenvalue weighted by molar-refractivity contribution is -0.0683. The number of hydrogen-bond acceptors (Lipinski definition) is 3. The zero-order valence-corrected chi connectivity index (χ0v) is 8.84. The molecule has 2 fully saturated rings. The molecule has 3 heteroatoms. The van der Waals surface area contributed by atoms with Crippen LogP contribution in [0.3, 0.4) is 0 Å². The molecule has 0 bridgehead atoms. The second-order valence-electron chi connectivity index (χ2n) is 4.27. The zero-order valence-electron chi connectivity index (χ0n) is 8.84. The van der Waals surface area contributed by atoms with E-state index in [0.29, 0.717) is 12.2 Å². The van der Waals surface area contributed by atoms with Crippen LogP contribution in [0.2, 0.25) is 0 Å². The Morgan fingerprint density at radius 1 is 1.14 bits per heavy atom. The lowest BCUT2D eigenvalue weighted by atomic mass is 10.1. The van der Waals surface area contributed by atoms with E-state index in [1.807, 2.05) is 0 Å². The van der Waals surface area contributed by atoms with Gasteiger partial charge in [0.25, 0.3) is 0 Å². The SMILES string of the molecule is C1CCC(COC2CCNCC2)OC1. The summed E-state index contributed by atoms with van der Waals surface area (Å²) in [5.74, 6) is 0. The molecule has 2 aliphatic heterocycles. The first kappa shape index (κ1) is 10.4. The molecule has 0 radical (unpaired) electrons. The first-order valence-corrected chi connectivity index (χ1v) is 5.89. The van der Waals surface area contributed by atoms with Gasteiger partial charge in [-0.15, -0.1) is 0 Å². The van der Waals surface area contributed by atoms with Crippen LogP contribution in [-0.2, 0) is 9.47 Å². The summed E-state index contributed by atoms with van der Waals surface area (Å²) in [6.45, 7) is 3.96. The Balaban J connectivity index is 1.60. The van der Waals surface area contributed by atoms with Crippen LogP contribution >= 0.6 is 0 Å². The molecule has 1 N–H and O–H groups in total. The molecule has 0 saturated carbocycles. The standard InChI is InChI=1S/C11H21NO2/c1-2-8-13-11(3-1)9-14-10-4-6-12-7-5-10/h10-12H,1-9H2. The highest BCUT2D eigenvalue weighted by molar-refractivity contribution is 4.70. The Bertz CT molecular complexity index is 133. The average molecular weight is 199 g/mol. The van der Waals surface area contributed by atoms with Crippen molar-refractivity contribution in [3.05, 3.63) is 0 Å². The summed E-state index contributed by atoms with van der Waals surface area (Å²) in [6, 6.07) is 0. The highest BCUT2D eigenvalue weighted by atomic mass is 16.5. The number of hydrogen-bond donors (Lipinski definition) is 1. The van der Waals surface area contributed by atoms with E-state index in [1.165, 1.54) is 19.3 Å². The topological polar surface area (TPSA) is 30.5 Å². The number of piperidine rings is 1. The Labute approximate surface area is 86.2 Å². The van der Waals surface area contributed by atoms with Crippen molar-refractivity contribution in [2.45, 2.75) is 44.3 Å². The zero-order chi connectivity index (χ0) is 9.64. The van der Waals surface area contributed by atoms with Crippen LogP contribution in [0.5, 0.6) is 0 Å². The predicted molar refractivity (Wildman–Crippen MR) is 55.4 cm³/mol. The van der Waals surface area contributed by atoms with Gasteiger partial charge in [0.2, 0.25) is 0 Å². The Kier molecular flexibility index (Phi) is 4.22. The molecular weight excluding hydrogens is 178 g/mol. The summed E-state index contributed by atoms with van der Waals surface area (Å²) in [7, 11) is 0. The smallest absolute Gasteiger partial charge is 0.0808 e. The van der Waals surface area contributed by atoms with Gasteiger partial charge in [-0.1, -0.05) is 0 Å². The predicted octanol–water partition coefficient (Wildman–Crippen LogP) is 1.32. The van der Waals surface area contributed by atoms with E-state index in [2.05, 4.69) is 5.32 Å². The van der Waals surface area contributed by atoms with Crippen LogP contribution in [0.4, 0.5) is 0 Å². The van der Waals surface area contributed by atoms with Crippen LogP contribution in [0.25, 0.3) is 0 Å². The van der Waals surface area contributed by atoms with Gasteiger partial charge < -0.3 is 14.8 Å². The third kappa shape index (κ3) is 3.23. The van der Waals surface area contributed by atoms with E-state index in [1.54, 1.807) is 0 Å². The maximum absolute atomic E-state index is 5.86. The molecule has 14 heavy (non-hydrogen) atoms. The molecule has 1 atom stereocenters. The lowest BCUT2D eigenvalue weighted by Gasteiger charge is -2.27. The largest absolute Gasteiger partial charge is 0.376 e. The highest BCUT2D eigenvalue weighted by Crippen LogP contribution is 2.15. The van der Waals surface area contributed by atoms with E-state index < -0.39 is 0 Å². The van der Waals surface area contributed by atoms with Crippen LogP contribution in [0, 0.1) is 0 Å². The van der Waals surface area contributed by atoms with Gasteiger partial charge in [0.1, 0.15) is 0 Å². The van der Waals surface area contributed by atoms with Gasteiger partial charge in [0.15, 0.2) is 0 Å². The third-order valence-corrected chi connectivity index (χ3v) is 3.08. The Morgan fingerprint density at radius 2 is 2.00 bits per heavy atom. The Morgan fingerprint density at radius 3 is 2.71 bits per heavy atom. The molecule has 1 unspecified atom stereocenters. The molecule has 0 aliphatic carbocycles. The lowest BCUT2D eigenvalue weighted by Crippen LogP contribution is -2.35. The van der Waals surface area contributed by atoms with Crippen molar-refractivity contribution in [3.63, 3.8) is 0 Å². The van der Waals surface area contributed by atoms with Crippen molar-refractivity contribution < 1.29 is 9.47 Å². The van der Waals surface area contributed by atoms with Crippen molar-refractivity contribution in [1.29, 1.82) is 0 Å². The highest BCUT2D eigenvalue weighted by Gasteiger charge is 2.18. The van der Waals surface area contributed by atoms with E-state index in [0.717, 1.165) is 39.1 Å². The molecule has 0 aromatic heterocycles. The van der Waals surface area contributed by atoms with Crippen molar-refractivity contribution in [3.8, 4) is 0 Å². The molecule has 2 heterocycles. The first-order chi connectivity index (χ1) is 6.95. The Hall–Kier alpha value is -0.120. The minimum absolute atomic E-state index is 0.374. The molecule has 0 aromatic rings. The summed E-state index contributed by atoms with van der Waals surface area (Å²) >= 11 is 0. The van der Waals surface area contributed by atoms with E-state index in [9.17, 15) is 0 Å². The minimum Gasteiger partial charge on any atom is -0.376 e. The fraction of sp³-hybridized carbons (Fsp3) is 1.00. The van der Waals surface area contributed by atoms with Gasteiger partial charge in [0, 0.05) is 6.61 Å². The molecule has 0 spiro atoms. The summed E-state index contributed by atoms with van der Waals surface area (Å²) < 4.78 is 11.5. The molecular formula is C11H21NO2. The van der Waals surface area contributed by atoms with Crippen molar-refractivity contribution >= 4 is 0 Å². The molecule has 2 rings (SSSR count). The first-order valence-electron chi connectivity index (χ1n) is 5.89. The van der Waals surface area contributed by atoms with Gasteiger partial charge in [-0.25, -0.2) is 0 Å². The molecule has 2 aliphatic rings. The maximum Gasteiger partial charge on any atom is 0.0808 e. The van der Waals surface area contributed by atoms with Crippen LogP contribution < -0.4 is 5.32 Å².